The molecule has 0 aliphatic heterocycles. The van der Waals surface area contributed by atoms with Gasteiger partial charge in [0.2, 0.25) is 0 Å². The summed E-state index contributed by atoms with van der Waals surface area (Å²) >= 11 is 7.60. The van der Waals surface area contributed by atoms with E-state index in [2.05, 4.69) is 5.32 Å². The number of carbonyl (C=O) groups is 1. The van der Waals surface area contributed by atoms with Gasteiger partial charge in [-0.1, -0.05) is 11.6 Å². The molecule has 1 atom stereocenters. The fraction of sp³-hybridized carbons (Fsp3) is 0.154. The summed E-state index contributed by atoms with van der Waals surface area (Å²) < 4.78 is 0. The van der Waals surface area contributed by atoms with Gasteiger partial charge in [0, 0.05) is 5.69 Å². The molecule has 3 nitrogen and oxygen atoms in total. The Balaban J connectivity index is 2.12. The van der Waals surface area contributed by atoms with Crippen LogP contribution in [0.15, 0.2) is 35.0 Å². The summed E-state index contributed by atoms with van der Waals surface area (Å²) in [5, 5.41) is 7.26. The van der Waals surface area contributed by atoms with E-state index >= 15 is 0 Å². The molecule has 0 fully saturated rings. The zero-order valence-electron chi connectivity index (χ0n) is 9.81. The zero-order chi connectivity index (χ0) is 13.1. The third-order valence-corrected chi connectivity index (χ3v) is 3.64. The largest absolute Gasteiger partial charge is 0.399 e. The van der Waals surface area contributed by atoms with Crippen molar-refractivity contribution in [3.8, 4) is 0 Å². The molecule has 1 aromatic carbocycles. The number of rotatable bonds is 3. The van der Waals surface area contributed by atoms with Crippen LogP contribution in [0.1, 0.15) is 28.9 Å². The molecule has 1 heterocycles. The summed E-state index contributed by atoms with van der Waals surface area (Å²) in [6.07, 6.45) is 0. The van der Waals surface area contributed by atoms with E-state index in [1.54, 1.807) is 29.5 Å². The highest BCUT2D eigenvalue weighted by atomic mass is 35.5. The molecule has 1 unspecified atom stereocenters. The Morgan fingerprint density at radius 2 is 2.22 bits per heavy atom. The van der Waals surface area contributed by atoms with Crippen LogP contribution in [-0.2, 0) is 0 Å². The Hall–Kier alpha value is -1.52. The van der Waals surface area contributed by atoms with Crippen LogP contribution in [0.25, 0.3) is 0 Å². The molecule has 0 aliphatic carbocycles. The van der Waals surface area contributed by atoms with Crippen LogP contribution in [0.3, 0.4) is 0 Å². The normalized spacial score (nSPS) is 12.1. The summed E-state index contributed by atoms with van der Waals surface area (Å²) in [5.74, 6) is -0.196. The summed E-state index contributed by atoms with van der Waals surface area (Å²) in [7, 11) is 0. The van der Waals surface area contributed by atoms with Crippen molar-refractivity contribution < 1.29 is 4.79 Å². The second-order valence-corrected chi connectivity index (χ2v) is 5.18. The van der Waals surface area contributed by atoms with Crippen molar-refractivity contribution in [2.24, 2.45) is 0 Å². The molecular weight excluding hydrogens is 268 g/mol. The summed E-state index contributed by atoms with van der Waals surface area (Å²) in [4.78, 5) is 12.0. The number of anilines is 1. The van der Waals surface area contributed by atoms with E-state index in [9.17, 15) is 4.79 Å². The van der Waals surface area contributed by atoms with E-state index in [4.69, 9.17) is 17.3 Å². The Morgan fingerprint density at radius 1 is 1.44 bits per heavy atom. The Morgan fingerprint density at radius 3 is 2.83 bits per heavy atom. The molecule has 0 aliphatic rings. The number of amides is 1. The highest BCUT2D eigenvalue weighted by Crippen LogP contribution is 2.21. The van der Waals surface area contributed by atoms with E-state index in [0.29, 0.717) is 16.3 Å². The van der Waals surface area contributed by atoms with Crippen LogP contribution in [0.4, 0.5) is 5.69 Å². The molecule has 3 N–H and O–H groups in total. The lowest BCUT2D eigenvalue weighted by Gasteiger charge is -2.13. The molecule has 94 valence electrons. The first kappa shape index (κ1) is 12.9. The average molecular weight is 281 g/mol. The maximum Gasteiger partial charge on any atom is 0.253 e. The lowest BCUT2D eigenvalue weighted by atomic mass is 10.1. The van der Waals surface area contributed by atoms with Crippen LogP contribution in [0.5, 0.6) is 0 Å². The number of hydrogen-bond donors (Lipinski definition) is 2. The highest BCUT2D eigenvalue weighted by molar-refractivity contribution is 7.07. The maximum absolute atomic E-state index is 12.0. The summed E-state index contributed by atoms with van der Waals surface area (Å²) in [5.41, 5.74) is 7.66. The number of benzene rings is 1. The Kier molecular flexibility index (Phi) is 3.89. The van der Waals surface area contributed by atoms with Gasteiger partial charge in [-0.15, -0.1) is 0 Å². The first-order valence-corrected chi connectivity index (χ1v) is 6.78. The lowest BCUT2D eigenvalue weighted by Crippen LogP contribution is -2.26. The zero-order valence-corrected chi connectivity index (χ0v) is 11.4. The van der Waals surface area contributed by atoms with E-state index in [1.165, 1.54) is 0 Å². The van der Waals surface area contributed by atoms with Gasteiger partial charge in [0.05, 0.1) is 16.6 Å². The molecule has 2 rings (SSSR count). The third-order valence-electron chi connectivity index (χ3n) is 2.63. The number of carbonyl (C=O) groups excluding carboxylic acids is 1. The van der Waals surface area contributed by atoms with E-state index in [-0.39, 0.29) is 11.9 Å². The van der Waals surface area contributed by atoms with Gasteiger partial charge in [-0.3, -0.25) is 4.79 Å². The Bertz CT molecular complexity index is 554. The number of hydrogen-bond acceptors (Lipinski definition) is 3. The second-order valence-electron chi connectivity index (χ2n) is 3.99. The van der Waals surface area contributed by atoms with Crippen LogP contribution in [0, 0.1) is 0 Å². The van der Waals surface area contributed by atoms with Gasteiger partial charge in [0.25, 0.3) is 5.91 Å². The monoisotopic (exact) mass is 280 g/mol. The number of nitrogen functional groups attached to an aromatic ring is 1. The first-order chi connectivity index (χ1) is 8.58. The van der Waals surface area contributed by atoms with Crippen molar-refractivity contribution in [1.82, 2.24) is 5.32 Å². The molecule has 5 heteroatoms. The van der Waals surface area contributed by atoms with E-state index in [0.717, 1.165) is 5.56 Å². The topological polar surface area (TPSA) is 55.1 Å². The van der Waals surface area contributed by atoms with Gasteiger partial charge in [0.1, 0.15) is 0 Å². The molecular formula is C13H13ClN2OS. The molecule has 1 aromatic heterocycles. The van der Waals surface area contributed by atoms with Crippen molar-refractivity contribution in [3.63, 3.8) is 0 Å². The van der Waals surface area contributed by atoms with Crippen LogP contribution < -0.4 is 11.1 Å². The quantitative estimate of drug-likeness (QED) is 0.846. The molecule has 0 radical (unpaired) electrons. The number of nitrogens with one attached hydrogen (secondary N) is 1. The lowest BCUT2D eigenvalue weighted by molar-refractivity contribution is 0.0940. The minimum absolute atomic E-state index is 0.0441. The van der Waals surface area contributed by atoms with Crippen LogP contribution in [0.2, 0.25) is 5.02 Å². The van der Waals surface area contributed by atoms with Crippen LogP contribution >= 0.6 is 22.9 Å². The van der Waals surface area contributed by atoms with Crippen LogP contribution in [-0.4, -0.2) is 5.91 Å². The van der Waals surface area contributed by atoms with Crippen molar-refractivity contribution in [2.45, 2.75) is 13.0 Å². The minimum atomic E-state index is -0.196. The fourth-order valence-corrected chi connectivity index (χ4v) is 2.62. The maximum atomic E-state index is 12.0. The molecule has 2 aromatic rings. The third kappa shape index (κ3) is 2.83. The standard InChI is InChI=1S/C13H13ClN2OS/c1-8(9-4-5-18-7-9)16-13(17)11-3-2-10(15)6-12(11)14/h2-8H,15H2,1H3,(H,16,17). The van der Waals surface area contributed by atoms with Gasteiger partial charge in [-0.25, -0.2) is 0 Å². The molecule has 1 amide bonds. The predicted molar refractivity (Wildman–Crippen MR) is 76.1 cm³/mol. The molecule has 0 bridgehead atoms. The molecule has 0 spiro atoms. The smallest absolute Gasteiger partial charge is 0.253 e. The van der Waals surface area contributed by atoms with Gasteiger partial charge < -0.3 is 11.1 Å². The number of thiophene rings is 1. The average Bonchev–Trinajstić information content (AvgIpc) is 2.81. The van der Waals surface area contributed by atoms with Crippen molar-refractivity contribution in [3.05, 3.63) is 51.2 Å². The van der Waals surface area contributed by atoms with E-state index < -0.39 is 0 Å². The highest BCUT2D eigenvalue weighted by Gasteiger charge is 2.14. The van der Waals surface area contributed by atoms with E-state index in [1.807, 2.05) is 23.8 Å². The van der Waals surface area contributed by atoms with Crippen molar-refractivity contribution >= 4 is 34.5 Å². The molecule has 0 saturated heterocycles. The number of halogens is 1. The molecule has 0 saturated carbocycles. The Labute approximate surface area is 115 Å². The first-order valence-electron chi connectivity index (χ1n) is 5.46. The minimum Gasteiger partial charge on any atom is -0.399 e. The fourth-order valence-electron chi connectivity index (χ4n) is 1.59. The summed E-state index contributed by atoms with van der Waals surface area (Å²) in [6, 6.07) is 6.81. The van der Waals surface area contributed by atoms with Crippen molar-refractivity contribution in [2.75, 3.05) is 5.73 Å². The van der Waals surface area contributed by atoms with Gasteiger partial charge >= 0.3 is 0 Å². The molecule has 18 heavy (non-hydrogen) atoms. The van der Waals surface area contributed by atoms with Gasteiger partial charge in [0.15, 0.2) is 0 Å². The van der Waals surface area contributed by atoms with Gasteiger partial charge in [-0.2, -0.15) is 11.3 Å². The predicted octanol–water partition coefficient (Wildman–Crippen LogP) is 3.47. The van der Waals surface area contributed by atoms with Gasteiger partial charge in [-0.05, 0) is 47.5 Å². The summed E-state index contributed by atoms with van der Waals surface area (Å²) in [6.45, 7) is 1.94. The SMILES string of the molecule is CC(NC(=O)c1ccc(N)cc1Cl)c1ccsc1. The number of nitrogens with two attached hydrogens (primary N) is 1. The van der Waals surface area contributed by atoms with Crippen molar-refractivity contribution in [1.29, 1.82) is 0 Å². The second kappa shape index (κ2) is 5.42.